The van der Waals surface area contributed by atoms with Crippen LogP contribution in [0.15, 0.2) is 30.6 Å². The molecule has 2 aromatic rings. The first-order valence-electron chi connectivity index (χ1n) is 5.23. The number of hydrogen-bond acceptors (Lipinski definition) is 2. The van der Waals surface area contributed by atoms with Crippen LogP contribution in [0.5, 0.6) is 0 Å². The number of nitriles is 1. The van der Waals surface area contributed by atoms with Crippen LogP contribution >= 0.6 is 0 Å². The molecule has 3 heteroatoms. The number of H-pyrrole nitrogens is 1. The zero-order valence-corrected chi connectivity index (χ0v) is 9.36. The Labute approximate surface area is 94.8 Å². The lowest BCUT2D eigenvalue weighted by Gasteiger charge is -2.12. The monoisotopic (exact) mass is 211 g/mol. The second-order valence-corrected chi connectivity index (χ2v) is 3.85. The van der Waals surface area contributed by atoms with Crippen molar-refractivity contribution in [3.05, 3.63) is 53.1 Å². The summed E-state index contributed by atoms with van der Waals surface area (Å²) >= 11 is 0. The molecule has 16 heavy (non-hydrogen) atoms. The smallest absolute Gasteiger partial charge is 0.113 e. The Morgan fingerprint density at radius 2 is 2.25 bits per heavy atom. The summed E-state index contributed by atoms with van der Waals surface area (Å²) < 4.78 is 0. The van der Waals surface area contributed by atoms with Gasteiger partial charge in [0.05, 0.1) is 11.6 Å². The molecule has 0 aliphatic heterocycles. The number of nitrogens with one attached hydrogen (secondary N) is 1. The van der Waals surface area contributed by atoms with Crippen molar-refractivity contribution in [2.75, 3.05) is 0 Å². The molecule has 0 aliphatic carbocycles. The summed E-state index contributed by atoms with van der Waals surface area (Å²) in [5, 5.41) is 9.17. The summed E-state index contributed by atoms with van der Waals surface area (Å²) in [6, 6.07) is 8.18. The Kier molecular flexibility index (Phi) is 2.74. The minimum atomic E-state index is 0.115. The van der Waals surface area contributed by atoms with E-state index in [9.17, 15) is 0 Å². The standard InChI is InChI=1S/C13H13N3/c1-9-4-3-5-11(12(9)8-14)10(2)13-15-6-7-16-13/h3-7,10H,1-2H3,(H,15,16)/t10-/m0/s1. The molecular formula is C13H13N3. The van der Waals surface area contributed by atoms with Gasteiger partial charge in [-0.3, -0.25) is 0 Å². The van der Waals surface area contributed by atoms with E-state index in [1.807, 2.05) is 25.1 Å². The fourth-order valence-electron chi connectivity index (χ4n) is 1.87. The highest BCUT2D eigenvalue weighted by Gasteiger charge is 2.15. The number of aromatic nitrogens is 2. The number of aryl methyl sites for hydroxylation is 1. The lowest BCUT2D eigenvalue weighted by molar-refractivity contribution is 0.835. The predicted octanol–water partition coefficient (Wildman–Crippen LogP) is 2.74. The summed E-state index contributed by atoms with van der Waals surface area (Å²) in [6.45, 7) is 4.01. The Hall–Kier alpha value is -2.08. The van der Waals surface area contributed by atoms with Crippen LogP contribution in [-0.4, -0.2) is 9.97 Å². The molecule has 1 N–H and O–H groups in total. The summed E-state index contributed by atoms with van der Waals surface area (Å²) in [5.41, 5.74) is 2.79. The summed E-state index contributed by atoms with van der Waals surface area (Å²) in [5.74, 6) is 1.01. The van der Waals surface area contributed by atoms with E-state index in [0.29, 0.717) is 0 Å². The van der Waals surface area contributed by atoms with Crippen LogP contribution in [0.25, 0.3) is 0 Å². The molecule has 1 atom stereocenters. The van der Waals surface area contributed by atoms with Gasteiger partial charge >= 0.3 is 0 Å². The van der Waals surface area contributed by atoms with Crippen LogP contribution in [0.1, 0.15) is 35.4 Å². The van der Waals surface area contributed by atoms with Crippen molar-refractivity contribution in [2.45, 2.75) is 19.8 Å². The highest BCUT2D eigenvalue weighted by Crippen LogP contribution is 2.25. The third-order valence-electron chi connectivity index (χ3n) is 2.81. The van der Waals surface area contributed by atoms with Gasteiger partial charge in [-0.2, -0.15) is 5.26 Å². The summed E-state index contributed by atoms with van der Waals surface area (Å²) in [4.78, 5) is 7.32. The van der Waals surface area contributed by atoms with Gasteiger partial charge in [-0.15, -0.1) is 0 Å². The first kappa shape index (κ1) is 10.4. The quantitative estimate of drug-likeness (QED) is 0.830. The van der Waals surface area contributed by atoms with Crippen molar-refractivity contribution in [3.8, 4) is 6.07 Å². The molecule has 80 valence electrons. The second-order valence-electron chi connectivity index (χ2n) is 3.85. The number of hydrogen-bond donors (Lipinski definition) is 1. The van der Waals surface area contributed by atoms with Crippen molar-refractivity contribution < 1.29 is 0 Å². The SMILES string of the molecule is Cc1cccc([C@H](C)c2ncc[nH]2)c1C#N. The van der Waals surface area contributed by atoms with E-state index in [0.717, 1.165) is 22.5 Å². The fourth-order valence-corrected chi connectivity index (χ4v) is 1.87. The van der Waals surface area contributed by atoms with Gasteiger partial charge in [0.1, 0.15) is 5.82 Å². The maximum atomic E-state index is 9.17. The fraction of sp³-hybridized carbons (Fsp3) is 0.231. The predicted molar refractivity (Wildman–Crippen MR) is 62.0 cm³/mol. The van der Waals surface area contributed by atoms with E-state index in [1.165, 1.54) is 0 Å². The summed E-state index contributed by atoms with van der Waals surface area (Å²) in [7, 11) is 0. The molecule has 0 radical (unpaired) electrons. The molecule has 1 aromatic heterocycles. The zero-order valence-electron chi connectivity index (χ0n) is 9.36. The highest BCUT2D eigenvalue weighted by molar-refractivity contribution is 5.46. The topological polar surface area (TPSA) is 52.5 Å². The lowest BCUT2D eigenvalue weighted by atomic mass is 9.93. The van der Waals surface area contributed by atoms with Gasteiger partial charge in [-0.1, -0.05) is 25.1 Å². The van der Waals surface area contributed by atoms with Gasteiger partial charge in [-0.05, 0) is 18.1 Å². The largest absolute Gasteiger partial charge is 0.348 e. The van der Waals surface area contributed by atoms with Gasteiger partial charge in [0, 0.05) is 18.3 Å². The molecule has 3 nitrogen and oxygen atoms in total. The molecule has 0 bridgehead atoms. The number of benzene rings is 1. The van der Waals surface area contributed by atoms with Crippen LogP contribution in [0.4, 0.5) is 0 Å². The first-order valence-corrected chi connectivity index (χ1v) is 5.23. The molecule has 2 rings (SSSR count). The third-order valence-corrected chi connectivity index (χ3v) is 2.81. The molecule has 0 saturated carbocycles. The number of aromatic amines is 1. The number of rotatable bonds is 2. The molecule has 1 aromatic carbocycles. The Bertz CT molecular complexity index is 521. The maximum Gasteiger partial charge on any atom is 0.113 e. The molecular weight excluding hydrogens is 198 g/mol. The van der Waals surface area contributed by atoms with Gasteiger partial charge in [-0.25, -0.2) is 4.98 Å². The van der Waals surface area contributed by atoms with E-state index in [2.05, 4.69) is 23.0 Å². The van der Waals surface area contributed by atoms with Crippen LogP contribution in [-0.2, 0) is 0 Å². The molecule has 0 spiro atoms. The van der Waals surface area contributed by atoms with Crippen LogP contribution in [0, 0.1) is 18.3 Å². The Balaban J connectivity index is 2.49. The van der Waals surface area contributed by atoms with Crippen molar-refractivity contribution >= 4 is 0 Å². The van der Waals surface area contributed by atoms with Crippen molar-refractivity contribution in [1.29, 1.82) is 5.26 Å². The van der Waals surface area contributed by atoms with E-state index >= 15 is 0 Å². The molecule has 0 aliphatic rings. The van der Waals surface area contributed by atoms with Gasteiger partial charge < -0.3 is 4.98 Å². The number of nitrogens with zero attached hydrogens (tertiary/aromatic N) is 2. The van der Waals surface area contributed by atoms with Crippen LogP contribution in [0.2, 0.25) is 0 Å². The van der Waals surface area contributed by atoms with Crippen LogP contribution in [0.3, 0.4) is 0 Å². The molecule has 0 saturated heterocycles. The maximum absolute atomic E-state index is 9.17. The average molecular weight is 211 g/mol. The van der Waals surface area contributed by atoms with Crippen molar-refractivity contribution in [2.24, 2.45) is 0 Å². The molecule has 0 amide bonds. The van der Waals surface area contributed by atoms with Crippen molar-refractivity contribution in [3.63, 3.8) is 0 Å². The average Bonchev–Trinajstić information content (AvgIpc) is 2.81. The third kappa shape index (κ3) is 1.70. The minimum Gasteiger partial charge on any atom is -0.348 e. The first-order chi connectivity index (χ1) is 7.74. The van der Waals surface area contributed by atoms with Crippen LogP contribution < -0.4 is 0 Å². The highest BCUT2D eigenvalue weighted by atomic mass is 14.9. The summed E-state index contributed by atoms with van der Waals surface area (Å²) in [6.07, 6.45) is 3.53. The van der Waals surface area contributed by atoms with Gasteiger partial charge in [0.15, 0.2) is 0 Å². The normalized spacial score (nSPS) is 12.1. The van der Waals surface area contributed by atoms with Crippen molar-refractivity contribution in [1.82, 2.24) is 9.97 Å². The molecule has 0 fully saturated rings. The second kappa shape index (κ2) is 4.19. The Morgan fingerprint density at radius 1 is 1.44 bits per heavy atom. The minimum absolute atomic E-state index is 0.115. The van der Waals surface area contributed by atoms with Gasteiger partial charge in [0.25, 0.3) is 0 Å². The van der Waals surface area contributed by atoms with E-state index < -0.39 is 0 Å². The van der Waals surface area contributed by atoms with E-state index in [4.69, 9.17) is 5.26 Å². The van der Waals surface area contributed by atoms with Gasteiger partial charge in [0.2, 0.25) is 0 Å². The number of imidazole rings is 1. The molecule has 0 unspecified atom stereocenters. The van der Waals surface area contributed by atoms with E-state index in [1.54, 1.807) is 12.4 Å². The Morgan fingerprint density at radius 3 is 2.88 bits per heavy atom. The van der Waals surface area contributed by atoms with E-state index in [-0.39, 0.29) is 5.92 Å². The zero-order chi connectivity index (χ0) is 11.5. The molecule has 1 heterocycles. The lowest BCUT2D eigenvalue weighted by Crippen LogP contribution is -2.02.